The van der Waals surface area contributed by atoms with Crippen molar-refractivity contribution < 1.29 is 14.3 Å². The molecular weight excluding hydrogens is 508 g/mol. The predicted octanol–water partition coefficient (Wildman–Crippen LogP) is 4.03. The van der Waals surface area contributed by atoms with E-state index in [1.165, 1.54) is 16.2 Å². The number of rotatable bonds is 5. The van der Waals surface area contributed by atoms with Gasteiger partial charge in [-0.25, -0.2) is 4.98 Å². The molecule has 2 saturated heterocycles. The quantitative estimate of drug-likeness (QED) is 0.358. The topological polar surface area (TPSA) is 76.4 Å². The highest BCUT2D eigenvalue weighted by Gasteiger charge is 2.33. The van der Waals surface area contributed by atoms with E-state index in [0.717, 1.165) is 16.9 Å². The SMILES string of the molecule is COc1ccc(CN2C(=O)/C(=C/c3c(N4CC(C)OC(C)C4)nc4ccc(C)cn4c3=O)SC2=S)cc1. The maximum atomic E-state index is 13.8. The summed E-state index contributed by atoms with van der Waals surface area (Å²) < 4.78 is 13.1. The second kappa shape index (κ2) is 10.3. The van der Waals surface area contributed by atoms with Crippen molar-refractivity contribution in [3.63, 3.8) is 0 Å². The Morgan fingerprint density at radius 1 is 1.14 bits per heavy atom. The van der Waals surface area contributed by atoms with Crippen LogP contribution in [0.5, 0.6) is 5.75 Å². The molecule has 2 aliphatic heterocycles. The number of pyridine rings is 1. The van der Waals surface area contributed by atoms with E-state index >= 15 is 0 Å². The first-order chi connectivity index (χ1) is 17.7. The van der Waals surface area contributed by atoms with Crippen molar-refractivity contribution in [2.45, 2.75) is 39.5 Å². The van der Waals surface area contributed by atoms with Gasteiger partial charge >= 0.3 is 0 Å². The highest BCUT2D eigenvalue weighted by molar-refractivity contribution is 8.26. The number of fused-ring (bicyclic) bond motifs is 1. The monoisotopic (exact) mass is 536 g/mol. The number of amides is 1. The van der Waals surface area contributed by atoms with E-state index < -0.39 is 0 Å². The van der Waals surface area contributed by atoms with E-state index in [4.69, 9.17) is 26.7 Å². The van der Waals surface area contributed by atoms with Crippen LogP contribution in [0.3, 0.4) is 0 Å². The Balaban J connectivity index is 1.55. The molecule has 2 unspecified atom stereocenters. The highest BCUT2D eigenvalue weighted by atomic mass is 32.2. The largest absolute Gasteiger partial charge is 0.497 e. The molecule has 3 aromatic rings. The lowest BCUT2D eigenvalue weighted by Gasteiger charge is -2.36. The Morgan fingerprint density at radius 2 is 1.84 bits per heavy atom. The zero-order valence-corrected chi connectivity index (χ0v) is 22.8. The normalized spacial score (nSPS) is 21.4. The van der Waals surface area contributed by atoms with Crippen molar-refractivity contribution in [2.24, 2.45) is 0 Å². The van der Waals surface area contributed by atoms with Crippen molar-refractivity contribution in [3.05, 3.63) is 74.5 Å². The number of anilines is 1. The maximum absolute atomic E-state index is 13.8. The van der Waals surface area contributed by atoms with E-state index in [1.54, 1.807) is 24.3 Å². The molecular formula is C27H28N4O4S2. The summed E-state index contributed by atoms with van der Waals surface area (Å²) in [6.07, 6.45) is 3.39. The van der Waals surface area contributed by atoms with Gasteiger partial charge in [-0.05, 0) is 56.2 Å². The first kappa shape index (κ1) is 25.4. The van der Waals surface area contributed by atoms with Gasteiger partial charge in [-0.15, -0.1) is 0 Å². The second-order valence-corrected chi connectivity index (χ2v) is 11.0. The smallest absolute Gasteiger partial charge is 0.267 e. The Bertz CT molecular complexity index is 1460. The lowest BCUT2D eigenvalue weighted by molar-refractivity contribution is -0.122. The first-order valence-corrected chi connectivity index (χ1v) is 13.3. The summed E-state index contributed by atoms with van der Waals surface area (Å²) in [7, 11) is 1.61. The zero-order valence-electron chi connectivity index (χ0n) is 21.1. The van der Waals surface area contributed by atoms with E-state index in [9.17, 15) is 9.59 Å². The third-order valence-corrected chi connectivity index (χ3v) is 7.73. The summed E-state index contributed by atoms with van der Waals surface area (Å²) >= 11 is 6.75. The molecule has 2 atom stereocenters. The zero-order chi connectivity index (χ0) is 26.3. The molecule has 2 aliphatic rings. The third-order valence-electron chi connectivity index (χ3n) is 6.35. The van der Waals surface area contributed by atoms with Gasteiger partial charge in [0.1, 0.15) is 21.5 Å². The molecule has 1 aromatic carbocycles. The summed E-state index contributed by atoms with van der Waals surface area (Å²) in [5.41, 5.74) is 2.57. The molecule has 10 heteroatoms. The molecule has 0 saturated carbocycles. The Morgan fingerprint density at radius 3 is 2.51 bits per heavy atom. The van der Waals surface area contributed by atoms with Crippen LogP contribution in [-0.2, 0) is 16.1 Å². The maximum Gasteiger partial charge on any atom is 0.267 e. The van der Waals surface area contributed by atoms with E-state index in [-0.39, 0.29) is 23.7 Å². The number of hydrogen-bond donors (Lipinski definition) is 0. The third kappa shape index (κ3) is 5.14. The molecule has 0 spiro atoms. The first-order valence-electron chi connectivity index (χ1n) is 12.0. The van der Waals surface area contributed by atoms with Crippen molar-refractivity contribution in [3.8, 4) is 5.75 Å². The minimum absolute atomic E-state index is 0.0161. The number of thioether (sulfide) groups is 1. The molecule has 5 rings (SSSR count). The Hall–Kier alpha value is -3.21. The number of carbonyl (C=O) groups excluding carboxylic acids is 1. The fourth-order valence-corrected chi connectivity index (χ4v) is 5.88. The number of nitrogens with zero attached hydrogens (tertiary/aromatic N) is 4. The van der Waals surface area contributed by atoms with Gasteiger partial charge < -0.3 is 14.4 Å². The van der Waals surface area contributed by atoms with Gasteiger partial charge in [-0.2, -0.15) is 0 Å². The summed E-state index contributed by atoms with van der Waals surface area (Å²) in [6.45, 7) is 7.46. The summed E-state index contributed by atoms with van der Waals surface area (Å²) in [6, 6.07) is 11.3. The highest BCUT2D eigenvalue weighted by Crippen LogP contribution is 2.35. The van der Waals surface area contributed by atoms with Crippen LogP contribution in [0.25, 0.3) is 11.7 Å². The van der Waals surface area contributed by atoms with Crippen LogP contribution in [0, 0.1) is 6.92 Å². The van der Waals surface area contributed by atoms with Crippen LogP contribution in [0.2, 0.25) is 0 Å². The molecule has 0 radical (unpaired) electrons. The van der Waals surface area contributed by atoms with Crippen molar-refractivity contribution in [1.29, 1.82) is 0 Å². The van der Waals surface area contributed by atoms with Gasteiger partial charge in [0.05, 0.1) is 36.3 Å². The van der Waals surface area contributed by atoms with E-state index in [0.29, 0.717) is 45.9 Å². The van der Waals surface area contributed by atoms with Crippen LogP contribution in [-0.4, -0.2) is 56.9 Å². The number of ether oxygens (including phenoxy) is 2. The predicted molar refractivity (Wildman–Crippen MR) is 150 cm³/mol. The lowest BCUT2D eigenvalue weighted by atomic mass is 10.1. The van der Waals surface area contributed by atoms with Gasteiger partial charge in [0.25, 0.3) is 11.5 Å². The minimum atomic E-state index is -0.228. The number of aryl methyl sites for hydroxylation is 1. The van der Waals surface area contributed by atoms with Gasteiger partial charge in [0.2, 0.25) is 0 Å². The summed E-state index contributed by atoms with van der Waals surface area (Å²) in [5, 5.41) is 0. The van der Waals surface area contributed by atoms with Gasteiger partial charge in [0.15, 0.2) is 0 Å². The molecule has 0 N–H and O–H groups in total. The number of thiocarbonyl (C=S) groups is 1. The Kier molecular flexibility index (Phi) is 7.06. The minimum Gasteiger partial charge on any atom is -0.497 e. The van der Waals surface area contributed by atoms with Crippen molar-refractivity contribution in [2.75, 3.05) is 25.1 Å². The summed E-state index contributed by atoms with van der Waals surface area (Å²) in [4.78, 5) is 36.1. The number of aromatic nitrogens is 2. The van der Waals surface area contributed by atoms with Crippen LogP contribution in [0.15, 0.2) is 52.3 Å². The van der Waals surface area contributed by atoms with Crippen LogP contribution in [0.1, 0.15) is 30.5 Å². The average Bonchev–Trinajstić information content (AvgIpc) is 3.13. The average molecular weight is 537 g/mol. The Labute approximate surface area is 224 Å². The number of methoxy groups -OCH3 is 1. The molecule has 0 aliphatic carbocycles. The molecule has 2 fully saturated rings. The number of hydrogen-bond acceptors (Lipinski definition) is 8. The van der Waals surface area contributed by atoms with Crippen LogP contribution < -0.4 is 15.2 Å². The molecule has 0 bridgehead atoms. The van der Waals surface area contributed by atoms with Gasteiger partial charge in [-0.3, -0.25) is 18.9 Å². The molecule has 192 valence electrons. The standard InChI is InChI=1S/C27H28N4O4S2/c1-16-5-10-23-28-24(29-13-17(2)35-18(3)14-29)21(25(32)30(23)12-16)11-22-26(33)31(27(36)37-22)15-19-6-8-20(34-4)9-7-19/h5-12,17-18H,13-15H2,1-4H3/b22-11-. The fraction of sp³-hybridized carbons (Fsp3) is 0.333. The van der Waals surface area contributed by atoms with Gasteiger partial charge in [-0.1, -0.05) is 42.2 Å². The van der Waals surface area contributed by atoms with E-state index in [2.05, 4.69) is 4.90 Å². The fourth-order valence-electron chi connectivity index (χ4n) is 4.65. The number of benzene rings is 1. The lowest BCUT2D eigenvalue weighted by Crippen LogP contribution is -2.46. The summed E-state index contributed by atoms with van der Waals surface area (Å²) in [5.74, 6) is 1.07. The van der Waals surface area contributed by atoms with Crippen molar-refractivity contribution >= 4 is 51.7 Å². The molecule has 1 amide bonds. The van der Waals surface area contributed by atoms with Crippen LogP contribution in [0.4, 0.5) is 5.82 Å². The van der Waals surface area contributed by atoms with E-state index in [1.807, 2.05) is 57.2 Å². The van der Waals surface area contributed by atoms with Gasteiger partial charge in [0, 0.05) is 19.3 Å². The molecule has 37 heavy (non-hydrogen) atoms. The molecule has 8 nitrogen and oxygen atoms in total. The molecule has 2 aromatic heterocycles. The number of morpholine rings is 1. The number of carbonyl (C=O) groups is 1. The van der Waals surface area contributed by atoms with Crippen LogP contribution >= 0.6 is 24.0 Å². The molecule has 4 heterocycles. The van der Waals surface area contributed by atoms with Crippen molar-refractivity contribution in [1.82, 2.24) is 14.3 Å². The second-order valence-electron chi connectivity index (χ2n) is 9.37.